The van der Waals surface area contributed by atoms with Crippen molar-refractivity contribution in [3.05, 3.63) is 40.7 Å². The largest absolute Gasteiger partial charge is 0.389 e. The van der Waals surface area contributed by atoms with Crippen LogP contribution in [0.25, 0.3) is 0 Å². The number of hydrogen-bond donors (Lipinski definition) is 3. The maximum atomic E-state index is 13.2. The first-order chi connectivity index (χ1) is 19.1. The number of rotatable bonds is 9. The molecule has 1 fully saturated rings. The third kappa shape index (κ3) is 8.11. The molecule has 41 heavy (non-hydrogen) atoms. The number of halogens is 3. The third-order valence-corrected chi connectivity index (χ3v) is 7.09. The second kappa shape index (κ2) is 12.8. The van der Waals surface area contributed by atoms with Crippen LogP contribution in [0.4, 0.5) is 13.2 Å². The molecule has 3 N–H and O–H groups in total. The number of ether oxygens (including phenoxy) is 1. The molecule has 1 aliphatic carbocycles. The summed E-state index contributed by atoms with van der Waals surface area (Å²) >= 11 is 0. The van der Waals surface area contributed by atoms with Crippen LogP contribution >= 0.6 is 0 Å². The Morgan fingerprint density at radius 1 is 1.37 bits per heavy atom. The van der Waals surface area contributed by atoms with E-state index in [2.05, 4.69) is 26.3 Å². The second-order valence-corrected chi connectivity index (χ2v) is 10.7. The van der Waals surface area contributed by atoms with Gasteiger partial charge in [-0.05, 0) is 30.6 Å². The predicted octanol–water partition coefficient (Wildman–Crippen LogP) is 2.88. The van der Waals surface area contributed by atoms with Gasteiger partial charge in [-0.15, -0.1) is 5.73 Å². The van der Waals surface area contributed by atoms with Crippen LogP contribution in [-0.2, 0) is 19.1 Å². The third-order valence-electron chi connectivity index (χ3n) is 7.09. The lowest BCUT2D eigenvalue weighted by Gasteiger charge is -2.25. The van der Waals surface area contributed by atoms with Gasteiger partial charge >= 0.3 is 6.18 Å². The highest BCUT2D eigenvalue weighted by molar-refractivity contribution is 6.40. The molecule has 3 aliphatic rings. The molecule has 3 atom stereocenters. The van der Waals surface area contributed by atoms with E-state index in [1.54, 1.807) is 32.9 Å². The summed E-state index contributed by atoms with van der Waals surface area (Å²) in [5.41, 5.74) is 3.59. The van der Waals surface area contributed by atoms with Crippen LogP contribution in [0.2, 0.25) is 0 Å². The van der Waals surface area contributed by atoms with Gasteiger partial charge < -0.3 is 15.4 Å². The Hall–Kier alpha value is -3.83. The van der Waals surface area contributed by atoms with Crippen LogP contribution in [0, 0.1) is 16.7 Å². The van der Waals surface area contributed by atoms with Crippen molar-refractivity contribution in [1.82, 2.24) is 15.5 Å². The topological polar surface area (TPSA) is 136 Å². The summed E-state index contributed by atoms with van der Waals surface area (Å²) < 4.78 is 44.0. The Morgan fingerprint density at radius 2 is 2.07 bits per heavy atom. The van der Waals surface area contributed by atoms with Crippen molar-refractivity contribution in [3.8, 4) is 0 Å². The molecule has 10 nitrogen and oxygen atoms in total. The molecule has 0 bridgehead atoms. The van der Waals surface area contributed by atoms with Gasteiger partial charge in [-0.1, -0.05) is 26.0 Å². The van der Waals surface area contributed by atoms with E-state index in [0.717, 1.165) is 0 Å². The highest BCUT2D eigenvalue weighted by atomic mass is 19.4. The lowest BCUT2D eigenvalue weighted by molar-refractivity contribution is -0.134. The second-order valence-electron chi connectivity index (χ2n) is 10.7. The van der Waals surface area contributed by atoms with Gasteiger partial charge in [0.15, 0.2) is 6.23 Å². The summed E-state index contributed by atoms with van der Waals surface area (Å²) in [6, 6.07) is -1.05. The number of amidine groups is 1. The lowest BCUT2D eigenvalue weighted by Crippen LogP contribution is -2.52. The number of nitrogens with one attached hydrogen (secondary N) is 3. The molecule has 3 rings (SSSR count). The Morgan fingerprint density at radius 3 is 2.71 bits per heavy atom. The molecule has 0 aromatic rings. The molecule has 0 aromatic carbocycles. The highest BCUT2D eigenvalue weighted by Gasteiger charge is 2.49. The monoisotopic (exact) mass is 576 g/mol. The number of carbonyl (C=O) groups is 3. The van der Waals surface area contributed by atoms with Crippen molar-refractivity contribution in [2.24, 2.45) is 21.3 Å². The minimum absolute atomic E-state index is 0.0259. The summed E-state index contributed by atoms with van der Waals surface area (Å²) in [5, 5.41) is 14.1. The zero-order chi connectivity index (χ0) is 30.5. The van der Waals surface area contributed by atoms with Crippen molar-refractivity contribution >= 4 is 35.5 Å². The fourth-order valence-electron chi connectivity index (χ4n) is 4.60. The number of carbonyl (C=O) groups excluding carboxylic acids is 3. The first-order valence-electron chi connectivity index (χ1n) is 13.1. The minimum atomic E-state index is -4.31. The number of amides is 3. The van der Waals surface area contributed by atoms with E-state index in [9.17, 15) is 27.6 Å². The molecule has 3 unspecified atom stereocenters. The molecular formula is C28H35F3N6O4. The summed E-state index contributed by atoms with van der Waals surface area (Å²) in [4.78, 5) is 47.2. The normalized spacial score (nSPS) is 23.0. The Balaban J connectivity index is 1.72. The van der Waals surface area contributed by atoms with E-state index < -0.39 is 36.2 Å². The average Bonchev–Trinajstić information content (AvgIpc) is 3.39. The number of hydrogen-bond acceptors (Lipinski definition) is 7. The van der Waals surface area contributed by atoms with Crippen molar-refractivity contribution in [3.63, 3.8) is 0 Å². The molecule has 0 radical (unpaired) electrons. The molecule has 2 heterocycles. The van der Waals surface area contributed by atoms with Crippen molar-refractivity contribution in [2.75, 3.05) is 26.7 Å². The van der Waals surface area contributed by atoms with E-state index in [0.29, 0.717) is 16.7 Å². The van der Waals surface area contributed by atoms with Crippen LogP contribution < -0.4 is 10.6 Å². The summed E-state index contributed by atoms with van der Waals surface area (Å²) in [5.74, 6) is -1.61. The molecule has 2 aliphatic heterocycles. The van der Waals surface area contributed by atoms with Gasteiger partial charge in [0.25, 0.3) is 5.91 Å². The van der Waals surface area contributed by atoms with Crippen molar-refractivity contribution in [1.29, 1.82) is 5.41 Å². The van der Waals surface area contributed by atoms with Gasteiger partial charge in [-0.2, -0.15) is 13.2 Å². The standard InChI is InChI=1S/C28H35F3N6O4/c1-16-6-7-19(11-18(10-16)8-9-28(29,30)31)25-36-22(15-41-25)24(39)35-21(13-33-5)23(32)37-14-20(12-34-17(2)38)27(3,4)26(37)40/h6-7,11,13,20-21,25,32H,8-9,12,14-15H2,1-5H3,(H,34,38)(H,35,39). The van der Waals surface area contributed by atoms with E-state index in [1.807, 2.05) is 0 Å². The Labute approximate surface area is 236 Å². The summed E-state index contributed by atoms with van der Waals surface area (Å²) in [6.45, 7) is 6.89. The molecule has 13 heteroatoms. The maximum Gasteiger partial charge on any atom is 0.389 e. The fourth-order valence-corrected chi connectivity index (χ4v) is 4.60. The van der Waals surface area contributed by atoms with Gasteiger partial charge in [-0.3, -0.25) is 29.7 Å². The van der Waals surface area contributed by atoms with E-state index in [1.165, 1.54) is 31.2 Å². The SMILES string of the molecule is CN=CC(NC(=O)C1=NC(C2=CC(CCC(F)(F)F)=C=C(C)C=C2)OC1)C(=N)N1CC(CNC(C)=O)C(C)(C)C1=O. The summed E-state index contributed by atoms with van der Waals surface area (Å²) in [6.07, 6.45) is -0.248. The molecule has 1 saturated heterocycles. The number of nitrogens with zero attached hydrogens (tertiary/aromatic N) is 3. The smallest absolute Gasteiger partial charge is 0.356 e. The highest BCUT2D eigenvalue weighted by Crippen LogP contribution is 2.36. The first kappa shape index (κ1) is 31.7. The Kier molecular flexibility index (Phi) is 9.88. The van der Waals surface area contributed by atoms with Gasteiger partial charge in [0, 0.05) is 51.2 Å². The number of alkyl halides is 3. The Bertz CT molecular complexity index is 1290. The van der Waals surface area contributed by atoms with Gasteiger partial charge in [0.05, 0.1) is 12.0 Å². The quantitative estimate of drug-likeness (QED) is 0.221. The predicted molar refractivity (Wildman–Crippen MR) is 148 cm³/mol. The average molecular weight is 577 g/mol. The maximum absolute atomic E-state index is 13.2. The molecule has 3 amide bonds. The first-order valence-corrected chi connectivity index (χ1v) is 13.1. The number of likely N-dealkylation sites (tertiary alicyclic amines) is 1. The van der Waals surface area contributed by atoms with Crippen molar-refractivity contribution < 1.29 is 32.3 Å². The van der Waals surface area contributed by atoms with Crippen LogP contribution in [-0.4, -0.2) is 85.6 Å². The number of allylic oxidation sites excluding steroid dienone is 3. The van der Waals surface area contributed by atoms with Gasteiger partial charge in [-0.25, -0.2) is 4.99 Å². The lowest BCUT2D eigenvalue weighted by atomic mass is 9.81. The molecule has 0 saturated carbocycles. The van der Waals surface area contributed by atoms with Gasteiger partial charge in [0.2, 0.25) is 11.8 Å². The van der Waals surface area contributed by atoms with Crippen molar-refractivity contribution in [2.45, 2.75) is 59.0 Å². The summed E-state index contributed by atoms with van der Waals surface area (Å²) in [7, 11) is 1.47. The number of aliphatic imine (C=N–C) groups is 2. The zero-order valence-electron chi connectivity index (χ0n) is 23.7. The van der Waals surface area contributed by atoms with E-state index in [4.69, 9.17) is 10.1 Å². The van der Waals surface area contributed by atoms with Crippen LogP contribution in [0.15, 0.2) is 50.7 Å². The molecule has 0 spiro atoms. The van der Waals surface area contributed by atoms with Crippen LogP contribution in [0.1, 0.15) is 40.5 Å². The van der Waals surface area contributed by atoms with Gasteiger partial charge in [0.1, 0.15) is 17.6 Å². The van der Waals surface area contributed by atoms with E-state index in [-0.39, 0.29) is 55.4 Å². The zero-order valence-corrected chi connectivity index (χ0v) is 23.7. The van der Waals surface area contributed by atoms with Crippen LogP contribution in [0.5, 0.6) is 0 Å². The molecule has 222 valence electrons. The van der Waals surface area contributed by atoms with Crippen LogP contribution in [0.3, 0.4) is 0 Å². The fraction of sp³-hybridized carbons (Fsp3) is 0.536. The molecular weight excluding hydrogens is 541 g/mol. The molecule has 0 aromatic heterocycles. The van der Waals surface area contributed by atoms with E-state index >= 15 is 0 Å². The minimum Gasteiger partial charge on any atom is -0.356 e.